The molecule has 0 saturated carbocycles. The van der Waals surface area contributed by atoms with Crippen LogP contribution in [0.3, 0.4) is 0 Å². The smallest absolute Gasteiger partial charge is 0.328 e. The van der Waals surface area contributed by atoms with Crippen LogP contribution >= 0.6 is 0 Å². The van der Waals surface area contributed by atoms with E-state index < -0.39 is 11.5 Å². The maximum Gasteiger partial charge on any atom is 0.328 e. The molecule has 1 heterocycles. The average Bonchev–Trinajstić information content (AvgIpc) is 2.90. The first kappa shape index (κ1) is 15.3. The second-order valence-electron chi connectivity index (χ2n) is 5.08. The summed E-state index contributed by atoms with van der Waals surface area (Å²) in [7, 11) is 0. The summed E-state index contributed by atoms with van der Waals surface area (Å²) in [6.07, 6.45) is 2.31. The number of carbonyl (C=O) groups is 1. The van der Waals surface area contributed by atoms with E-state index in [1.807, 2.05) is 56.4 Å². The van der Waals surface area contributed by atoms with Gasteiger partial charge in [-0.1, -0.05) is 37.3 Å². The molecule has 0 spiro atoms. The largest absolute Gasteiger partial charge is 0.480 e. The van der Waals surface area contributed by atoms with Crippen LogP contribution in [0.5, 0.6) is 0 Å². The maximum atomic E-state index is 11.9. The minimum atomic E-state index is -1.09. The van der Waals surface area contributed by atoms with Crippen molar-refractivity contribution in [3.8, 4) is 0 Å². The number of aryl methyl sites for hydroxylation is 2. The van der Waals surface area contributed by atoms with Crippen LogP contribution in [0.15, 0.2) is 42.6 Å². The van der Waals surface area contributed by atoms with Crippen LogP contribution in [0, 0.1) is 6.92 Å². The third-order valence-electron chi connectivity index (χ3n) is 3.60. The Labute approximate surface area is 124 Å². The summed E-state index contributed by atoms with van der Waals surface area (Å²) in [5, 5.41) is 17.3. The van der Waals surface area contributed by atoms with Gasteiger partial charge in [-0.05, 0) is 25.1 Å². The molecule has 0 radical (unpaired) electrons. The Balaban J connectivity index is 2.28. The Kier molecular flexibility index (Phi) is 4.75. The van der Waals surface area contributed by atoms with Gasteiger partial charge < -0.3 is 5.11 Å². The fraction of sp³-hybridized carbons (Fsp3) is 0.375. The summed E-state index contributed by atoms with van der Waals surface area (Å²) in [4.78, 5) is 11.9. The zero-order valence-electron chi connectivity index (χ0n) is 12.4. The van der Waals surface area contributed by atoms with Crippen molar-refractivity contribution < 1.29 is 9.90 Å². The van der Waals surface area contributed by atoms with E-state index in [1.54, 1.807) is 4.68 Å². The van der Waals surface area contributed by atoms with E-state index in [1.165, 1.54) is 0 Å². The first-order valence-corrected chi connectivity index (χ1v) is 7.12. The quantitative estimate of drug-likeness (QED) is 0.819. The van der Waals surface area contributed by atoms with Crippen LogP contribution in [-0.4, -0.2) is 27.4 Å². The van der Waals surface area contributed by atoms with E-state index in [-0.39, 0.29) is 0 Å². The molecule has 0 fully saturated rings. The van der Waals surface area contributed by atoms with Crippen molar-refractivity contribution in [1.29, 1.82) is 0 Å². The minimum absolute atomic E-state index is 0.432. The van der Waals surface area contributed by atoms with Crippen molar-refractivity contribution in [3.63, 3.8) is 0 Å². The molecule has 1 atom stereocenters. The number of nitrogens with one attached hydrogen (secondary N) is 1. The summed E-state index contributed by atoms with van der Waals surface area (Å²) in [5.74, 6) is -0.862. The van der Waals surface area contributed by atoms with Crippen LogP contribution in [-0.2, 0) is 16.9 Å². The molecular weight excluding hydrogens is 266 g/mol. The second-order valence-corrected chi connectivity index (χ2v) is 5.08. The third-order valence-corrected chi connectivity index (χ3v) is 3.60. The molecule has 0 aliphatic rings. The standard InChI is InChI=1S/C16H21N3O2/c1-3-17-16(15(20)21,14-7-5-4-6-8-14)10-12-19-11-9-13(2)18-19/h4-9,11,17H,3,10,12H2,1-2H3,(H,20,21). The van der Waals surface area contributed by atoms with Crippen LogP contribution in [0.25, 0.3) is 0 Å². The van der Waals surface area contributed by atoms with E-state index >= 15 is 0 Å². The van der Waals surface area contributed by atoms with E-state index in [9.17, 15) is 9.90 Å². The number of hydrogen-bond donors (Lipinski definition) is 2. The normalized spacial score (nSPS) is 13.8. The fourth-order valence-corrected chi connectivity index (χ4v) is 2.54. The highest BCUT2D eigenvalue weighted by molar-refractivity contribution is 5.80. The van der Waals surface area contributed by atoms with Gasteiger partial charge in [-0.3, -0.25) is 10.00 Å². The first-order chi connectivity index (χ1) is 10.1. The molecule has 0 amide bonds. The number of hydrogen-bond acceptors (Lipinski definition) is 3. The summed E-state index contributed by atoms with van der Waals surface area (Å²) in [5.41, 5.74) is 0.609. The Bertz CT molecular complexity index is 595. The molecular formula is C16H21N3O2. The molecule has 1 unspecified atom stereocenters. The number of likely N-dealkylation sites (N-methyl/N-ethyl adjacent to an activating group) is 1. The SMILES string of the molecule is CCNC(CCn1ccc(C)n1)(C(=O)O)c1ccccc1. The van der Waals surface area contributed by atoms with Gasteiger partial charge in [-0.15, -0.1) is 0 Å². The lowest BCUT2D eigenvalue weighted by molar-refractivity contribution is -0.146. The number of aromatic nitrogens is 2. The lowest BCUT2D eigenvalue weighted by Gasteiger charge is -2.31. The van der Waals surface area contributed by atoms with E-state index in [2.05, 4.69) is 10.4 Å². The molecule has 5 nitrogen and oxygen atoms in total. The van der Waals surface area contributed by atoms with Gasteiger partial charge in [0.15, 0.2) is 0 Å². The highest BCUT2D eigenvalue weighted by Crippen LogP contribution is 2.26. The summed E-state index contributed by atoms with van der Waals surface area (Å²) >= 11 is 0. The fourth-order valence-electron chi connectivity index (χ4n) is 2.54. The topological polar surface area (TPSA) is 67.2 Å². The van der Waals surface area contributed by atoms with Gasteiger partial charge in [-0.2, -0.15) is 5.10 Å². The maximum absolute atomic E-state index is 11.9. The minimum Gasteiger partial charge on any atom is -0.480 e. The molecule has 0 aliphatic carbocycles. The summed E-state index contributed by atoms with van der Waals surface area (Å²) in [6, 6.07) is 11.2. The van der Waals surface area contributed by atoms with Gasteiger partial charge in [0.1, 0.15) is 5.54 Å². The molecule has 0 saturated heterocycles. The van der Waals surface area contributed by atoms with Gasteiger partial charge in [0.05, 0.1) is 5.69 Å². The molecule has 1 aromatic carbocycles. The zero-order chi connectivity index (χ0) is 15.3. The molecule has 2 rings (SSSR count). The highest BCUT2D eigenvalue weighted by atomic mass is 16.4. The van der Waals surface area contributed by atoms with Crippen molar-refractivity contribution in [2.75, 3.05) is 6.54 Å². The van der Waals surface area contributed by atoms with Crippen molar-refractivity contribution in [2.24, 2.45) is 0 Å². The average molecular weight is 287 g/mol. The molecule has 0 bridgehead atoms. The number of aliphatic carboxylic acids is 1. The highest BCUT2D eigenvalue weighted by Gasteiger charge is 2.39. The van der Waals surface area contributed by atoms with Crippen molar-refractivity contribution in [2.45, 2.75) is 32.4 Å². The molecule has 0 aliphatic heterocycles. The molecule has 21 heavy (non-hydrogen) atoms. The van der Waals surface area contributed by atoms with Crippen LogP contribution in [0.1, 0.15) is 24.6 Å². The molecule has 2 N–H and O–H groups in total. The molecule has 2 aromatic rings. The van der Waals surface area contributed by atoms with E-state index in [0.29, 0.717) is 19.5 Å². The zero-order valence-corrected chi connectivity index (χ0v) is 12.4. The van der Waals surface area contributed by atoms with Gasteiger partial charge >= 0.3 is 5.97 Å². The molecule has 5 heteroatoms. The van der Waals surface area contributed by atoms with Gasteiger partial charge in [0, 0.05) is 19.2 Å². The number of rotatable bonds is 7. The Hall–Kier alpha value is -2.14. The lowest BCUT2D eigenvalue weighted by atomic mass is 9.86. The predicted octanol–water partition coefficient (Wildman–Crippen LogP) is 2.17. The number of carboxylic acid groups (broad SMARTS) is 1. The predicted molar refractivity (Wildman–Crippen MR) is 81.0 cm³/mol. The second kappa shape index (κ2) is 6.54. The van der Waals surface area contributed by atoms with E-state index in [0.717, 1.165) is 11.3 Å². The van der Waals surface area contributed by atoms with E-state index in [4.69, 9.17) is 0 Å². The number of carboxylic acids is 1. The van der Waals surface area contributed by atoms with Gasteiger partial charge in [0.2, 0.25) is 0 Å². The van der Waals surface area contributed by atoms with Crippen LogP contribution < -0.4 is 5.32 Å². The van der Waals surface area contributed by atoms with Crippen molar-refractivity contribution >= 4 is 5.97 Å². The molecule has 1 aromatic heterocycles. The third kappa shape index (κ3) is 3.31. The summed E-state index contributed by atoms with van der Waals surface area (Å²) in [6.45, 7) is 4.96. The van der Waals surface area contributed by atoms with Crippen molar-refractivity contribution in [1.82, 2.24) is 15.1 Å². The molecule has 112 valence electrons. The van der Waals surface area contributed by atoms with Gasteiger partial charge in [-0.25, -0.2) is 4.79 Å². The first-order valence-electron chi connectivity index (χ1n) is 7.12. The Morgan fingerprint density at radius 1 is 1.33 bits per heavy atom. The van der Waals surface area contributed by atoms with Gasteiger partial charge in [0.25, 0.3) is 0 Å². The number of nitrogens with zero attached hydrogens (tertiary/aromatic N) is 2. The lowest BCUT2D eigenvalue weighted by Crippen LogP contribution is -2.49. The van der Waals surface area contributed by atoms with Crippen LogP contribution in [0.2, 0.25) is 0 Å². The van der Waals surface area contributed by atoms with Crippen LogP contribution in [0.4, 0.5) is 0 Å². The van der Waals surface area contributed by atoms with Crippen molar-refractivity contribution in [3.05, 3.63) is 53.9 Å². The summed E-state index contributed by atoms with van der Waals surface area (Å²) < 4.78 is 1.79. The monoisotopic (exact) mass is 287 g/mol. The Morgan fingerprint density at radius 3 is 2.57 bits per heavy atom. The number of benzene rings is 1. The Morgan fingerprint density at radius 2 is 2.05 bits per heavy atom.